The number of hydrogen-bond acceptors (Lipinski definition) is 2. The lowest BCUT2D eigenvalue weighted by molar-refractivity contribution is 0.192. The molecule has 1 aromatic heterocycles. The first kappa shape index (κ1) is 7.28. The van der Waals surface area contributed by atoms with Crippen LogP contribution in [-0.2, 0) is 13.5 Å². The Labute approximate surface area is 60.3 Å². The normalized spacial score (nSPS) is 13.5. The Bertz CT molecular complexity index is 205. The molecule has 0 aliphatic carbocycles. The highest BCUT2D eigenvalue weighted by atomic mass is 16.3. The van der Waals surface area contributed by atoms with Crippen LogP contribution in [0.5, 0.6) is 0 Å². The molecule has 1 rings (SSSR count). The summed E-state index contributed by atoms with van der Waals surface area (Å²) < 4.78 is 1.91. The first-order chi connectivity index (χ1) is 4.70. The topological polar surface area (TPSA) is 38.1 Å². The number of nitrogens with zero attached hydrogens (tertiary/aromatic N) is 2. The van der Waals surface area contributed by atoms with Crippen molar-refractivity contribution < 1.29 is 5.11 Å². The van der Waals surface area contributed by atoms with E-state index in [1.807, 2.05) is 17.8 Å². The summed E-state index contributed by atoms with van der Waals surface area (Å²) >= 11 is 0. The highest BCUT2D eigenvalue weighted by molar-refractivity contribution is 4.92. The number of hydrogen-bond donors (Lipinski definition) is 1. The molecule has 1 N–H and O–H groups in total. The van der Waals surface area contributed by atoms with Gasteiger partial charge in [-0.1, -0.05) is 0 Å². The van der Waals surface area contributed by atoms with Crippen LogP contribution in [-0.4, -0.2) is 20.8 Å². The summed E-state index contributed by atoms with van der Waals surface area (Å²) in [5, 5.41) is 9.00. The summed E-state index contributed by atoms with van der Waals surface area (Å²) in [5.74, 6) is 0.926. The van der Waals surface area contributed by atoms with Crippen molar-refractivity contribution in [2.75, 3.05) is 0 Å². The van der Waals surface area contributed by atoms with Crippen molar-refractivity contribution in [2.24, 2.45) is 7.05 Å². The standard InChI is InChI=1S/C7H12N2O/c1-6(10)5-7-8-3-4-9(7)2/h3-4,6,10H,5H2,1-2H3/t6-/m0/s1. The van der Waals surface area contributed by atoms with Gasteiger partial charge in [-0.15, -0.1) is 0 Å². The van der Waals surface area contributed by atoms with E-state index in [1.54, 1.807) is 13.1 Å². The van der Waals surface area contributed by atoms with Crippen LogP contribution < -0.4 is 0 Å². The van der Waals surface area contributed by atoms with Gasteiger partial charge in [-0.05, 0) is 6.92 Å². The van der Waals surface area contributed by atoms with Crippen LogP contribution in [0.3, 0.4) is 0 Å². The summed E-state index contributed by atoms with van der Waals surface area (Å²) in [4.78, 5) is 4.06. The van der Waals surface area contributed by atoms with Crippen molar-refractivity contribution in [3.05, 3.63) is 18.2 Å². The van der Waals surface area contributed by atoms with Crippen molar-refractivity contribution in [3.8, 4) is 0 Å². The zero-order chi connectivity index (χ0) is 7.56. The molecule has 56 valence electrons. The Morgan fingerprint density at radius 1 is 1.80 bits per heavy atom. The van der Waals surface area contributed by atoms with E-state index in [2.05, 4.69) is 4.98 Å². The molecule has 0 bridgehead atoms. The highest BCUT2D eigenvalue weighted by Crippen LogP contribution is 1.98. The molecule has 3 nitrogen and oxygen atoms in total. The number of rotatable bonds is 2. The molecule has 0 aliphatic rings. The quantitative estimate of drug-likeness (QED) is 0.643. The Kier molecular flexibility index (Phi) is 2.06. The predicted molar refractivity (Wildman–Crippen MR) is 38.6 cm³/mol. The van der Waals surface area contributed by atoms with Gasteiger partial charge in [-0.3, -0.25) is 0 Å². The summed E-state index contributed by atoms with van der Waals surface area (Å²) in [5.41, 5.74) is 0. The fourth-order valence-electron chi connectivity index (χ4n) is 0.857. The number of aliphatic hydroxyl groups excluding tert-OH is 1. The van der Waals surface area contributed by atoms with E-state index in [0.717, 1.165) is 5.82 Å². The first-order valence-electron chi connectivity index (χ1n) is 3.34. The minimum absolute atomic E-state index is 0.305. The molecule has 0 saturated heterocycles. The number of aryl methyl sites for hydroxylation is 1. The Morgan fingerprint density at radius 3 is 2.90 bits per heavy atom. The van der Waals surface area contributed by atoms with Crippen LogP contribution in [0.15, 0.2) is 12.4 Å². The van der Waals surface area contributed by atoms with E-state index >= 15 is 0 Å². The van der Waals surface area contributed by atoms with Crippen molar-refractivity contribution in [3.63, 3.8) is 0 Å². The third-order valence-electron chi connectivity index (χ3n) is 1.40. The molecule has 0 radical (unpaired) electrons. The van der Waals surface area contributed by atoms with Crippen molar-refractivity contribution in [1.82, 2.24) is 9.55 Å². The maximum Gasteiger partial charge on any atom is 0.110 e. The van der Waals surface area contributed by atoms with Crippen LogP contribution in [0.1, 0.15) is 12.7 Å². The van der Waals surface area contributed by atoms with Gasteiger partial charge in [-0.2, -0.15) is 0 Å². The molecule has 0 spiro atoms. The van der Waals surface area contributed by atoms with Gasteiger partial charge in [0.1, 0.15) is 5.82 Å². The summed E-state index contributed by atoms with van der Waals surface area (Å²) in [6, 6.07) is 0. The second-order valence-corrected chi connectivity index (χ2v) is 2.51. The average Bonchev–Trinajstić information content (AvgIpc) is 2.15. The zero-order valence-electron chi connectivity index (χ0n) is 6.28. The van der Waals surface area contributed by atoms with E-state index in [1.165, 1.54) is 0 Å². The lowest BCUT2D eigenvalue weighted by Crippen LogP contribution is -2.08. The largest absolute Gasteiger partial charge is 0.393 e. The van der Waals surface area contributed by atoms with Gasteiger partial charge in [0, 0.05) is 25.9 Å². The third kappa shape index (κ3) is 1.57. The molecule has 1 atom stereocenters. The monoisotopic (exact) mass is 140 g/mol. The van der Waals surface area contributed by atoms with Crippen LogP contribution in [0.2, 0.25) is 0 Å². The van der Waals surface area contributed by atoms with Gasteiger partial charge >= 0.3 is 0 Å². The van der Waals surface area contributed by atoms with Gasteiger partial charge in [-0.25, -0.2) is 4.98 Å². The summed E-state index contributed by atoms with van der Waals surface area (Å²) in [6.45, 7) is 1.76. The lowest BCUT2D eigenvalue weighted by atomic mass is 10.3. The first-order valence-corrected chi connectivity index (χ1v) is 3.34. The minimum Gasteiger partial charge on any atom is -0.393 e. The zero-order valence-corrected chi connectivity index (χ0v) is 6.28. The maximum atomic E-state index is 9.00. The number of aliphatic hydroxyl groups is 1. The Hall–Kier alpha value is -0.830. The third-order valence-corrected chi connectivity index (χ3v) is 1.40. The number of aromatic nitrogens is 2. The minimum atomic E-state index is -0.305. The van der Waals surface area contributed by atoms with E-state index in [-0.39, 0.29) is 6.10 Å². The molecular formula is C7H12N2O. The molecule has 0 aromatic carbocycles. The second kappa shape index (κ2) is 2.84. The summed E-state index contributed by atoms with van der Waals surface area (Å²) in [7, 11) is 1.92. The van der Waals surface area contributed by atoms with Crippen LogP contribution in [0, 0.1) is 0 Å². The fourth-order valence-corrected chi connectivity index (χ4v) is 0.857. The molecule has 0 fully saturated rings. The summed E-state index contributed by atoms with van der Waals surface area (Å²) in [6.07, 6.45) is 3.93. The molecule has 10 heavy (non-hydrogen) atoms. The van der Waals surface area contributed by atoms with E-state index in [4.69, 9.17) is 5.11 Å². The molecule has 1 aromatic rings. The highest BCUT2D eigenvalue weighted by Gasteiger charge is 2.01. The van der Waals surface area contributed by atoms with Crippen molar-refractivity contribution >= 4 is 0 Å². The SMILES string of the molecule is C[C@H](O)Cc1nccn1C. The molecule has 0 saturated carbocycles. The van der Waals surface area contributed by atoms with E-state index < -0.39 is 0 Å². The molecule has 0 amide bonds. The second-order valence-electron chi connectivity index (χ2n) is 2.51. The van der Waals surface area contributed by atoms with Crippen LogP contribution in [0.25, 0.3) is 0 Å². The van der Waals surface area contributed by atoms with E-state index in [0.29, 0.717) is 6.42 Å². The molecular weight excluding hydrogens is 128 g/mol. The molecule has 0 aliphatic heterocycles. The fraction of sp³-hybridized carbons (Fsp3) is 0.571. The van der Waals surface area contributed by atoms with Gasteiger partial charge in [0.15, 0.2) is 0 Å². The van der Waals surface area contributed by atoms with Crippen LogP contribution in [0.4, 0.5) is 0 Å². The Morgan fingerprint density at radius 2 is 2.50 bits per heavy atom. The molecule has 3 heteroatoms. The molecule has 0 unspecified atom stereocenters. The lowest BCUT2D eigenvalue weighted by Gasteiger charge is -2.02. The smallest absolute Gasteiger partial charge is 0.110 e. The van der Waals surface area contributed by atoms with E-state index in [9.17, 15) is 0 Å². The van der Waals surface area contributed by atoms with Crippen LogP contribution >= 0.6 is 0 Å². The molecule has 1 heterocycles. The van der Waals surface area contributed by atoms with Gasteiger partial charge in [0.2, 0.25) is 0 Å². The van der Waals surface area contributed by atoms with Gasteiger partial charge in [0.05, 0.1) is 6.10 Å². The average molecular weight is 140 g/mol. The van der Waals surface area contributed by atoms with Gasteiger partial charge < -0.3 is 9.67 Å². The van der Waals surface area contributed by atoms with Crippen molar-refractivity contribution in [2.45, 2.75) is 19.4 Å². The van der Waals surface area contributed by atoms with Crippen molar-refractivity contribution in [1.29, 1.82) is 0 Å². The number of imidazole rings is 1. The Balaban J connectivity index is 2.65. The predicted octanol–water partition coefficient (Wildman–Crippen LogP) is 0.343. The van der Waals surface area contributed by atoms with Gasteiger partial charge in [0.25, 0.3) is 0 Å². The maximum absolute atomic E-state index is 9.00.